The molecule has 0 fully saturated rings. The van der Waals surface area contributed by atoms with Crippen molar-refractivity contribution in [1.29, 1.82) is 0 Å². The van der Waals surface area contributed by atoms with Crippen molar-refractivity contribution in [3.8, 4) is 11.5 Å². The molecular weight excluding hydrogens is 453 g/mol. The van der Waals surface area contributed by atoms with E-state index < -0.39 is 0 Å². The van der Waals surface area contributed by atoms with E-state index in [4.69, 9.17) is 10.5 Å². The topological polar surface area (TPSA) is 77.5 Å². The highest BCUT2D eigenvalue weighted by Crippen LogP contribution is 2.23. The number of para-hydroxylation sites is 1. The van der Waals surface area contributed by atoms with Crippen LogP contribution < -0.4 is 15.8 Å². The molecule has 1 aromatic heterocycles. The highest BCUT2D eigenvalue weighted by molar-refractivity contribution is 14.0. The zero-order valence-corrected chi connectivity index (χ0v) is 17.5. The van der Waals surface area contributed by atoms with Gasteiger partial charge in [0.15, 0.2) is 5.96 Å². The second-order valence-electron chi connectivity index (χ2n) is 6.13. The molecule has 0 saturated carbocycles. The SMILES string of the molecule is CC(CN=C(N)Nc1cccc(Oc2ccccc2)c1)Cn1cccn1.I. The van der Waals surface area contributed by atoms with Crippen molar-refractivity contribution in [2.45, 2.75) is 13.5 Å². The highest BCUT2D eigenvalue weighted by atomic mass is 127. The predicted octanol–water partition coefficient (Wildman–Crippen LogP) is 4.36. The van der Waals surface area contributed by atoms with Gasteiger partial charge in [-0.25, -0.2) is 0 Å². The third kappa shape index (κ3) is 6.93. The number of hydrogen-bond acceptors (Lipinski definition) is 3. The van der Waals surface area contributed by atoms with Crippen molar-refractivity contribution in [3.05, 3.63) is 73.1 Å². The van der Waals surface area contributed by atoms with E-state index in [9.17, 15) is 0 Å². The van der Waals surface area contributed by atoms with Crippen molar-refractivity contribution in [2.75, 3.05) is 11.9 Å². The molecule has 1 heterocycles. The molecule has 0 saturated heterocycles. The van der Waals surface area contributed by atoms with Crippen LogP contribution in [-0.4, -0.2) is 22.3 Å². The Morgan fingerprint density at radius 3 is 2.67 bits per heavy atom. The molecule has 27 heavy (non-hydrogen) atoms. The van der Waals surface area contributed by atoms with Gasteiger partial charge in [-0.3, -0.25) is 9.67 Å². The number of rotatable bonds is 7. The van der Waals surface area contributed by atoms with Crippen LogP contribution in [-0.2, 0) is 6.54 Å². The number of ether oxygens (including phenoxy) is 1. The van der Waals surface area contributed by atoms with Gasteiger partial charge in [0, 0.05) is 37.2 Å². The van der Waals surface area contributed by atoms with Crippen LogP contribution in [0.15, 0.2) is 78.0 Å². The lowest BCUT2D eigenvalue weighted by atomic mass is 10.2. The molecular formula is C20H24IN5O. The molecule has 1 unspecified atom stereocenters. The molecule has 3 N–H and O–H groups in total. The van der Waals surface area contributed by atoms with Crippen LogP contribution in [0, 0.1) is 5.92 Å². The number of hydrogen-bond donors (Lipinski definition) is 2. The number of anilines is 1. The smallest absolute Gasteiger partial charge is 0.193 e. The summed E-state index contributed by atoms with van der Waals surface area (Å²) in [5, 5.41) is 7.31. The van der Waals surface area contributed by atoms with E-state index in [2.05, 4.69) is 22.3 Å². The number of nitrogens with zero attached hydrogens (tertiary/aromatic N) is 3. The average molecular weight is 477 g/mol. The summed E-state index contributed by atoms with van der Waals surface area (Å²) in [6, 6.07) is 19.2. The average Bonchev–Trinajstić information content (AvgIpc) is 3.14. The van der Waals surface area contributed by atoms with Crippen LogP contribution >= 0.6 is 24.0 Å². The summed E-state index contributed by atoms with van der Waals surface area (Å²) in [5.74, 6) is 2.25. The highest BCUT2D eigenvalue weighted by Gasteiger charge is 2.04. The standard InChI is InChI=1S/C20H23N5O.HI/c1-16(15-25-12-6-11-23-25)14-22-20(21)24-17-7-5-10-19(13-17)26-18-8-3-2-4-9-18;/h2-13,16H,14-15H2,1H3,(H3,21,22,24);1H. The molecule has 142 valence electrons. The maximum atomic E-state index is 6.01. The molecule has 2 aromatic carbocycles. The Hall–Kier alpha value is -2.55. The lowest BCUT2D eigenvalue weighted by molar-refractivity contribution is 0.459. The first-order valence-corrected chi connectivity index (χ1v) is 8.56. The summed E-state index contributed by atoms with van der Waals surface area (Å²) in [6.07, 6.45) is 3.72. The van der Waals surface area contributed by atoms with Gasteiger partial charge in [-0.1, -0.05) is 31.2 Å². The lowest BCUT2D eigenvalue weighted by Gasteiger charge is -2.11. The number of aromatic nitrogens is 2. The molecule has 0 aliphatic rings. The minimum Gasteiger partial charge on any atom is -0.457 e. The van der Waals surface area contributed by atoms with Crippen molar-refractivity contribution in [2.24, 2.45) is 16.6 Å². The molecule has 0 aliphatic carbocycles. The molecule has 0 amide bonds. The van der Waals surface area contributed by atoms with E-state index in [0.29, 0.717) is 18.4 Å². The third-order valence-corrected chi connectivity index (χ3v) is 3.72. The zero-order chi connectivity index (χ0) is 18.2. The van der Waals surface area contributed by atoms with E-state index in [0.717, 1.165) is 23.7 Å². The van der Waals surface area contributed by atoms with Crippen molar-refractivity contribution >= 4 is 35.6 Å². The van der Waals surface area contributed by atoms with Gasteiger partial charge in [0.1, 0.15) is 11.5 Å². The van der Waals surface area contributed by atoms with Crippen LogP contribution in [0.4, 0.5) is 5.69 Å². The van der Waals surface area contributed by atoms with Gasteiger partial charge < -0.3 is 15.8 Å². The summed E-state index contributed by atoms with van der Waals surface area (Å²) in [4.78, 5) is 4.41. The Morgan fingerprint density at radius 1 is 1.15 bits per heavy atom. The first-order chi connectivity index (χ1) is 12.7. The maximum absolute atomic E-state index is 6.01. The summed E-state index contributed by atoms with van der Waals surface area (Å²) in [5.41, 5.74) is 6.84. The van der Waals surface area contributed by atoms with Gasteiger partial charge >= 0.3 is 0 Å². The lowest BCUT2D eigenvalue weighted by Crippen LogP contribution is -2.24. The molecule has 7 heteroatoms. The van der Waals surface area contributed by atoms with E-state index >= 15 is 0 Å². The molecule has 0 aliphatic heterocycles. The van der Waals surface area contributed by atoms with Gasteiger partial charge in [-0.05, 0) is 36.2 Å². The van der Waals surface area contributed by atoms with Crippen LogP contribution in [0.5, 0.6) is 11.5 Å². The van der Waals surface area contributed by atoms with Gasteiger partial charge in [-0.15, -0.1) is 24.0 Å². The quantitative estimate of drug-likeness (QED) is 0.301. The molecule has 3 aromatic rings. The summed E-state index contributed by atoms with van der Waals surface area (Å²) in [6.45, 7) is 3.55. The largest absolute Gasteiger partial charge is 0.457 e. The molecule has 0 bridgehead atoms. The van der Waals surface area contributed by atoms with Crippen LogP contribution in [0.2, 0.25) is 0 Å². The Labute approximate surface area is 176 Å². The van der Waals surface area contributed by atoms with Crippen LogP contribution in [0.3, 0.4) is 0 Å². The second kappa shape index (κ2) is 10.6. The molecule has 0 spiro atoms. The molecule has 1 atom stereocenters. The minimum atomic E-state index is 0. The van der Waals surface area contributed by atoms with Crippen molar-refractivity contribution in [3.63, 3.8) is 0 Å². The maximum Gasteiger partial charge on any atom is 0.193 e. The Balaban J connectivity index is 0.00000261. The second-order valence-corrected chi connectivity index (χ2v) is 6.13. The number of benzene rings is 2. The van der Waals surface area contributed by atoms with Crippen molar-refractivity contribution in [1.82, 2.24) is 9.78 Å². The summed E-state index contributed by atoms with van der Waals surface area (Å²) >= 11 is 0. The van der Waals surface area contributed by atoms with E-state index in [-0.39, 0.29) is 24.0 Å². The van der Waals surface area contributed by atoms with Gasteiger partial charge in [-0.2, -0.15) is 5.10 Å². The summed E-state index contributed by atoms with van der Waals surface area (Å²) in [7, 11) is 0. The molecule has 6 nitrogen and oxygen atoms in total. The summed E-state index contributed by atoms with van der Waals surface area (Å²) < 4.78 is 7.72. The van der Waals surface area contributed by atoms with E-state index in [1.165, 1.54) is 0 Å². The fourth-order valence-electron chi connectivity index (χ4n) is 2.49. The normalized spacial score (nSPS) is 12.1. The number of guanidine groups is 1. The molecule has 0 radical (unpaired) electrons. The fourth-order valence-corrected chi connectivity index (χ4v) is 2.49. The van der Waals surface area contributed by atoms with E-state index in [1.807, 2.05) is 71.5 Å². The monoisotopic (exact) mass is 477 g/mol. The third-order valence-electron chi connectivity index (χ3n) is 3.72. The molecule has 3 rings (SSSR count). The first-order valence-electron chi connectivity index (χ1n) is 8.56. The minimum absolute atomic E-state index is 0. The Kier molecular flexibility index (Phi) is 8.12. The zero-order valence-electron chi connectivity index (χ0n) is 15.2. The predicted molar refractivity (Wildman–Crippen MR) is 120 cm³/mol. The van der Waals surface area contributed by atoms with E-state index in [1.54, 1.807) is 6.20 Å². The van der Waals surface area contributed by atoms with Crippen molar-refractivity contribution < 1.29 is 4.74 Å². The number of nitrogens with two attached hydrogens (primary N) is 1. The van der Waals surface area contributed by atoms with Gasteiger partial charge in [0.25, 0.3) is 0 Å². The van der Waals surface area contributed by atoms with Crippen LogP contribution in [0.1, 0.15) is 6.92 Å². The fraction of sp³-hybridized carbons (Fsp3) is 0.200. The van der Waals surface area contributed by atoms with Gasteiger partial charge in [0.05, 0.1) is 0 Å². The number of halogens is 1. The van der Waals surface area contributed by atoms with Gasteiger partial charge in [0.2, 0.25) is 0 Å². The number of nitrogens with one attached hydrogen (secondary N) is 1. The first kappa shape index (κ1) is 20.8. The Bertz CT molecular complexity index is 837. The van der Waals surface area contributed by atoms with Crippen LogP contribution in [0.25, 0.3) is 0 Å². The number of aliphatic imine (C=N–C) groups is 1. The Morgan fingerprint density at radius 2 is 1.93 bits per heavy atom.